The van der Waals surface area contributed by atoms with Crippen LogP contribution in [0.2, 0.25) is 0 Å². The van der Waals surface area contributed by atoms with Crippen molar-refractivity contribution in [3.8, 4) is 11.5 Å². The minimum absolute atomic E-state index is 0.0515. The van der Waals surface area contributed by atoms with E-state index in [-0.39, 0.29) is 17.8 Å². The molecule has 2 fully saturated rings. The van der Waals surface area contributed by atoms with Gasteiger partial charge in [-0.2, -0.15) is 13.2 Å². The summed E-state index contributed by atoms with van der Waals surface area (Å²) in [6.07, 6.45) is 5.90. The van der Waals surface area contributed by atoms with Crippen LogP contribution in [-0.2, 0) is 11.0 Å². The second-order valence-corrected chi connectivity index (χ2v) is 10.6. The Morgan fingerprint density at radius 2 is 1.72 bits per heavy atom. The van der Waals surface area contributed by atoms with Gasteiger partial charge in [-0.1, -0.05) is 36.9 Å². The molecule has 4 rings (SSSR count). The van der Waals surface area contributed by atoms with E-state index < -0.39 is 22.4 Å². The average Bonchev–Trinajstić information content (AvgIpc) is 3.00. The first kappa shape index (κ1) is 31.8. The van der Waals surface area contributed by atoms with Crippen LogP contribution in [0.15, 0.2) is 85.2 Å². The average molecular weight is 600 g/mol. The summed E-state index contributed by atoms with van der Waals surface area (Å²) in [4.78, 5) is 26.8. The highest BCUT2D eigenvalue weighted by molar-refractivity contribution is 5.76. The van der Waals surface area contributed by atoms with E-state index in [4.69, 9.17) is 9.47 Å². The molecule has 230 valence electrons. The van der Waals surface area contributed by atoms with E-state index in [9.17, 15) is 28.1 Å². The zero-order chi connectivity index (χ0) is 30.8. The van der Waals surface area contributed by atoms with Crippen molar-refractivity contribution in [2.75, 3.05) is 32.7 Å². The second kappa shape index (κ2) is 14.9. The van der Waals surface area contributed by atoms with Gasteiger partial charge in [0.2, 0.25) is 5.91 Å². The van der Waals surface area contributed by atoms with Gasteiger partial charge in [0.05, 0.1) is 4.92 Å². The predicted octanol–water partition coefficient (Wildman–Crippen LogP) is 6.79. The number of benzene rings is 2. The van der Waals surface area contributed by atoms with Crippen molar-refractivity contribution in [3.63, 3.8) is 0 Å². The maximum atomic E-state index is 13.3. The molecule has 0 radical (unpaired) electrons. The zero-order valence-corrected chi connectivity index (χ0v) is 23.9. The Morgan fingerprint density at radius 1 is 1.02 bits per heavy atom. The summed E-state index contributed by atoms with van der Waals surface area (Å²) in [6, 6.07) is 12.2. The van der Waals surface area contributed by atoms with Gasteiger partial charge in [0.25, 0.3) is 5.69 Å². The van der Waals surface area contributed by atoms with Crippen molar-refractivity contribution in [2.24, 2.45) is 5.92 Å². The van der Waals surface area contributed by atoms with Gasteiger partial charge in [0.1, 0.15) is 28.9 Å². The largest absolute Gasteiger partial charge is 0.490 e. The Labute approximate surface area is 249 Å². The van der Waals surface area contributed by atoms with E-state index in [2.05, 4.69) is 17.6 Å². The number of nitro benzene ring substituents is 1. The predicted molar refractivity (Wildman–Crippen MR) is 157 cm³/mol. The molecule has 2 saturated heterocycles. The molecule has 43 heavy (non-hydrogen) atoms. The van der Waals surface area contributed by atoms with Gasteiger partial charge in [0, 0.05) is 45.0 Å². The van der Waals surface area contributed by atoms with Crippen LogP contribution in [0.3, 0.4) is 0 Å². The van der Waals surface area contributed by atoms with E-state index in [1.807, 2.05) is 42.5 Å². The lowest BCUT2D eigenvalue weighted by atomic mass is 9.96. The summed E-state index contributed by atoms with van der Waals surface area (Å²) in [5.74, 6) is 1.87. The molecule has 0 spiro atoms. The molecule has 2 aromatic carbocycles. The quantitative estimate of drug-likeness (QED) is 0.122. The molecule has 8 nitrogen and oxygen atoms in total. The molecule has 0 aromatic heterocycles. The smallest absolute Gasteiger partial charge is 0.423 e. The number of halogens is 3. The van der Waals surface area contributed by atoms with Gasteiger partial charge < -0.3 is 19.3 Å². The topological polar surface area (TPSA) is 85.2 Å². The molecule has 2 aliphatic heterocycles. The van der Waals surface area contributed by atoms with Crippen LogP contribution >= 0.6 is 0 Å². The van der Waals surface area contributed by atoms with Crippen molar-refractivity contribution in [1.29, 1.82) is 0 Å². The first-order chi connectivity index (χ1) is 20.6. The minimum Gasteiger partial charge on any atom is -0.490 e. The summed E-state index contributed by atoms with van der Waals surface area (Å²) >= 11 is 0. The van der Waals surface area contributed by atoms with Crippen molar-refractivity contribution in [3.05, 3.63) is 101 Å². The van der Waals surface area contributed by atoms with E-state index >= 15 is 0 Å². The molecule has 0 atom stereocenters. The van der Waals surface area contributed by atoms with Crippen LogP contribution in [-0.4, -0.2) is 59.5 Å². The molecule has 0 bridgehead atoms. The fourth-order valence-electron chi connectivity index (χ4n) is 5.25. The third-order valence-corrected chi connectivity index (χ3v) is 7.67. The summed E-state index contributed by atoms with van der Waals surface area (Å²) in [5, 5.41) is 11.0. The first-order valence-corrected chi connectivity index (χ1v) is 14.4. The Balaban J connectivity index is 1.16. The van der Waals surface area contributed by atoms with Crippen LogP contribution < -0.4 is 9.47 Å². The fraction of sp³-hybridized carbons (Fsp3) is 0.406. The Hall–Kier alpha value is -4.12. The molecule has 11 heteroatoms. The highest BCUT2D eigenvalue weighted by Crippen LogP contribution is 2.38. The third kappa shape index (κ3) is 9.44. The fourth-order valence-corrected chi connectivity index (χ4v) is 5.25. The molecule has 0 aliphatic carbocycles. The molecule has 1 amide bonds. The number of hydrogen-bond donors (Lipinski definition) is 0. The summed E-state index contributed by atoms with van der Waals surface area (Å²) in [5.41, 5.74) is -2.35. The lowest BCUT2D eigenvalue weighted by Crippen LogP contribution is -2.43. The number of ether oxygens (including phenoxy) is 2. The van der Waals surface area contributed by atoms with Crippen molar-refractivity contribution >= 4 is 11.6 Å². The SMILES string of the molecule is C=C/C(=C\C=C\C1CCN(CCC(=O)N2CCC(Oc3ccc([N+](=O)[O-])c(C(F)(F)F)c3)CC2)CC1)Oc1ccccc1. The number of allylic oxidation sites excluding steroid dienone is 4. The number of carbonyl (C=O) groups excluding carboxylic acids is 1. The van der Waals surface area contributed by atoms with Gasteiger partial charge in [-0.25, -0.2) is 0 Å². The van der Waals surface area contributed by atoms with Crippen LogP contribution in [0, 0.1) is 16.0 Å². The van der Waals surface area contributed by atoms with E-state index in [1.54, 1.807) is 11.0 Å². The van der Waals surface area contributed by atoms with Gasteiger partial charge >= 0.3 is 6.18 Å². The Kier molecular flexibility index (Phi) is 11.0. The molecule has 0 N–H and O–H groups in total. The normalized spacial score (nSPS) is 17.7. The number of likely N-dealkylation sites (tertiary alicyclic amines) is 2. The van der Waals surface area contributed by atoms with E-state index in [1.165, 1.54) is 6.07 Å². The van der Waals surface area contributed by atoms with Crippen LogP contribution in [0.1, 0.15) is 37.7 Å². The highest BCUT2D eigenvalue weighted by Gasteiger charge is 2.39. The van der Waals surface area contributed by atoms with Crippen molar-refractivity contribution < 1.29 is 32.4 Å². The highest BCUT2D eigenvalue weighted by atomic mass is 19.4. The maximum absolute atomic E-state index is 13.3. The molecule has 2 aromatic rings. The molecule has 0 saturated carbocycles. The molecule has 0 unspecified atom stereocenters. The maximum Gasteiger partial charge on any atom is 0.423 e. The number of piperidine rings is 2. The van der Waals surface area contributed by atoms with Gasteiger partial charge in [-0.3, -0.25) is 14.9 Å². The number of nitrogens with zero attached hydrogens (tertiary/aromatic N) is 3. The van der Waals surface area contributed by atoms with Gasteiger partial charge in [0.15, 0.2) is 0 Å². The number of nitro groups is 1. The lowest BCUT2D eigenvalue weighted by molar-refractivity contribution is -0.388. The van der Waals surface area contributed by atoms with Crippen LogP contribution in [0.5, 0.6) is 11.5 Å². The second-order valence-electron chi connectivity index (χ2n) is 10.6. The van der Waals surface area contributed by atoms with Crippen molar-refractivity contribution in [2.45, 2.75) is 44.4 Å². The van der Waals surface area contributed by atoms with Crippen LogP contribution in [0.25, 0.3) is 0 Å². The molecule has 2 aliphatic rings. The number of amides is 1. The van der Waals surface area contributed by atoms with Crippen LogP contribution in [0.4, 0.5) is 18.9 Å². The number of para-hydroxylation sites is 1. The first-order valence-electron chi connectivity index (χ1n) is 14.4. The van der Waals surface area contributed by atoms with Gasteiger partial charge in [-0.05, 0) is 68.3 Å². The van der Waals surface area contributed by atoms with E-state index in [0.717, 1.165) is 37.7 Å². The van der Waals surface area contributed by atoms with E-state index in [0.29, 0.717) is 56.6 Å². The Bertz CT molecular complexity index is 1310. The molecular formula is C32H36F3N3O5. The summed E-state index contributed by atoms with van der Waals surface area (Å²) < 4.78 is 51.3. The van der Waals surface area contributed by atoms with Crippen molar-refractivity contribution in [1.82, 2.24) is 9.80 Å². The molecule has 2 heterocycles. The zero-order valence-electron chi connectivity index (χ0n) is 23.9. The number of alkyl halides is 3. The van der Waals surface area contributed by atoms with Gasteiger partial charge in [-0.15, -0.1) is 0 Å². The number of hydrogen-bond acceptors (Lipinski definition) is 6. The third-order valence-electron chi connectivity index (χ3n) is 7.67. The summed E-state index contributed by atoms with van der Waals surface area (Å²) in [6.45, 7) is 7.21. The summed E-state index contributed by atoms with van der Waals surface area (Å²) in [7, 11) is 0. The number of carbonyl (C=O) groups is 1. The number of rotatable bonds is 11. The standard InChI is InChI=1S/C32H36F3N3O5/c1-2-25(42-26-8-4-3-5-9-26)10-6-7-24-13-18-36(19-14-24)20-17-31(39)37-21-15-27(16-22-37)43-28-11-12-30(38(40)41)29(23-28)32(33,34)35/h2-12,23-24,27H,1,13-22H2/b7-6+,25-10+. The monoisotopic (exact) mass is 599 g/mol. The molecular weight excluding hydrogens is 563 g/mol. The lowest BCUT2D eigenvalue weighted by Gasteiger charge is -2.34. The minimum atomic E-state index is -4.87. The Morgan fingerprint density at radius 3 is 2.35 bits per heavy atom.